The van der Waals surface area contributed by atoms with Crippen molar-refractivity contribution in [3.05, 3.63) is 107 Å². The van der Waals surface area contributed by atoms with Crippen molar-refractivity contribution in [3.63, 3.8) is 0 Å². The van der Waals surface area contributed by atoms with Crippen LogP contribution < -0.4 is 4.74 Å². The van der Waals surface area contributed by atoms with Crippen molar-refractivity contribution < 1.29 is 14.6 Å². The number of fused-ring (bicyclic) bond motifs is 1. The highest BCUT2D eigenvalue weighted by atomic mass is 16.5. The summed E-state index contributed by atoms with van der Waals surface area (Å²) < 4.78 is 5.78. The molecule has 0 fully saturated rings. The van der Waals surface area contributed by atoms with Crippen molar-refractivity contribution in [2.45, 2.75) is 26.4 Å². The van der Waals surface area contributed by atoms with Crippen molar-refractivity contribution in [2.75, 3.05) is 6.61 Å². The Morgan fingerprint density at radius 2 is 2.06 bits per heavy atom. The average Bonchev–Trinajstić information content (AvgIpc) is 3.37. The predicted molar refractivity (Wildman–Crippen MR) is 133 cm³/mol. The number of ether oxygens (including phenoxy) is 1. The summed E-state index contributed by atoms with van der Waals surface area (Å²) in [6.45, 7) is 8.34. The molecular weight excluding hydrogens is 440 g/mol. The molecule has 3 heterocycles. The molecule has 2 aromatic carbocycles. The Kier molecular flexibility index (Phi) is 5.82. The maximum Gasteiger partial charge on any atom is 0.273 e. The number of benzene rings is 2. The summed E-state index contributed by atoms with van der Waals surface area (Å²) in [4.78, 5) is 19.6. The smallest absolute Gasteiger partial charge is 0.273 e. The first kappa shape index (κ1) is 22.4. The lowest BCUT2D eigenvalue weighted by Crippen LogP contribution is -2.29. The number of aryl methyl sites for hydroxylation is 2. The van der Waals surface area contributed by atoms with Crippen molar-refractivity contribution in [1.82, 2.24) is 20.1 Å². The lowest BCUT2D eigenvalue weighted by molar-refractivity contribution is 0.0729. The quantitative estimate of drug-likeness (QED) is 0.370. The van der Waals surface area contributed by atoms with Gasteiger partial charge in [-0.3, -0.25) is 14.9 Å². The minimum absolute atomic E-state index is 0.136. The highest BCUT2D eigenvalue weighted by Crippen LogP contribution is 2.46. The van der Waals surface area contributed by atoms with E-state index >= 15 is 0 Å². The van der Waals surface area contributed by atoms with Gasteiger partial charge in [0.25, 0.3) is 5.91 Å². The molecule has 0 bridgehead atoms. The van der Waals surface area contributed by atoms with Crippen LogP contribution in [0.2, 0.25) is 0 Å². The lowest BCUT2D eigenvalue weighted by Gasteiger charge is -2.27. The number of H-pyrrole nitrogens is 1. The third kappa shape index (κ3) is 4.05. The maximum absolute atomic E-state index is 13.6. The van der Waals surface area contributed by atoms with Gasteiger partial charge in [-0.05, 0) is 60.4 Å². The van der Waals surface area contributed by atoms with E-state index in [1.165, 1.54) is 0 Å². The molecule has 0 saturated carbocycles. The summed E-state index contributed by atoms with van der Waals surface area (Å²) in [7, 11) is 0. The van der Waals surface area contributed by atoms with Crippen molar-refractivity contribution in [1.29, 1.82) is 0 Å². The van der Waals surface area contributed by atoms with Gasteiger partial charge in [0, 0.05) is 30.1 Å². The molecule has 1 amide bonds. The van der Waals surface area contributed by atoms with Gasteiger partial charge in [-0.15, -0.1) is 0 Å². The number of aromatic hydroxyl groups is 1. The molecule has 0 saturated heterocycles. The zero-order valence-electron chi connectivity index (χ0n) is 19.7. The van der Waals surface area contributed by atoms with Crippen molar-refractivity contribution >= 4 is 5.91 Å². The zero-order valence-corrected chi connectivity index (χ0v) is 19.7. The molecule has 0 aliphatic carbocycles. The highest BCUT2D eigenvalue weighted by Gasteiger charge is 2.43. The van der Waals surface area contributed by atoms with E-state index < -0.39 is 6.04 Å². The van der Waals surface area contributed by atoms with E-state index in [0.29, 0.717) is 35.9 Å². The monoisotopic (exact) mass is 466 g/mol. The van der Waals surface area contributed by atoms with Crippen LogP contribution in [0.25, 0.3) is 11.3 Å². The van der Waals surface area contributed by atoms with Crippen LogP contribution in [0.3, 0.4) is 0 Å². The molecule has 0 spiro atoms. The summed E-state index contributed by atoms with van der Waals surface area (Å²) in [5.41, 5.74) is 5.99. The Labute approximate surface area is 203 Å². The molecule has 4 aromatic rings. The number of hydrogen-bond donors (Lipinski definition) is 2. The van der Waals surface area contributed by atoms with Gasteiger partial charge >= 0.3 is 0 Å². The summed E-state index contributed by atoms with van der Waals surface area (Å²) in [5, 5.41) is 18.3. The number of nitrogens with one attached hydrogen (secondary N) is 1. The first-order chi connectivity index (χ1) is 17.0. The lowest BCUT2D eigenvalue weighted by atomic mass is 9.93. The van der Waals surface area contributed by atoms with Crippen molar-refractivity contribution in [3.8, 4) is 22.8 Å². The second-order valence-electron chi connectivity index (χ2n) is 8.71. The Morgan fingerprint density at radius 3 is 2.80 bits per heavy atom. The van der Waals surface area contributed by atoms with E-state index in [0.717, 1.165) is 27.8 Å². The summed E-state index contributed by atoms with van der Waals surface area (Å²) in [6.07, 6.45) is 5.16. The predicted octanol–water partition coefficient (Wildman–Crippen LogP) is 5.10. The van der Waals surface area contributed by atoms with E-state index in [1.807, 2.05) is 56.3 Å². The molecule has 7 nitrogen and oxygen atoms in total. The Balaban J connectivity index is 1.67. The molecule has 176 valence electrons. The van der Waals surface area contributed by atoms with Crippen LogP contribution in [0.4, 0.5) is 0 Å². The number of carbonyl (C=O) groups is 1. The topological polar surface area (TPSA) is 91.3 Å². The number of hydrogen-bond acceptors (Lipinski definition) is 5. The van der Waals surface area contributed by atoms with Gasteiger partial charge in [0.15, 0.2) is 0 Å². The van der Waals surface area contributed by atoms with Crippen molar-refractivity contribution in [2.24, 2.45) is 0 Å². The Morgan fingerprint density at radius 1 is 1.20 bits per heavy atom. The van der Waals surface area contributed by atoms with Crippen LogP contribution in [-0.2, 0) is 6.54 Å². The first-order valence-corrected chi connectivity index (χ1v) is 11.4. The third-order valence-electron chi connectivity index (χ3n) is 6.18. The van der Waals surface area contributed by atoms with E-state index in [9.17, 15) is 9.90 Å². The maximum atomic E-state index is 13.6. The molecule has 1 aliphatic rings. The molecule has 2 N–H and O–H groups in total. The number of rotatable bonds is 7. The molecule has 1 atom stereocenters. The Hall–Kier alpha value is -4.39. The molecule has 5 rings (SSSR count). The zero-order chi connectivity index (χ0) is 24.5. The molecule has 1 aliphatic heterocycles. The van der Waals surface area contributed by atoms with Gasteiger partial charge in [-0.25, -0.2) is 0 Å². The Bertz CT molecular complexity index is 1390. The molecule has 7 heteroatoms. The first-order valence-electron chi connectivity index (χ1n) is 11.4. The fourth-order valence-electron chi connectivity index (χ4n) is 4.77. The minimum Gasteiger partial charge on any atom is -0.507 e. The standard InChI is InChI=1S/C28H26N4O3/c1-4-11-35-21-9-5-8-20(14-21)27-24-25(23-18(3)12-17(2)13-22(23)33)30-31-26(24)28(34)32(27)16-19-7-6-10-29-15-19/h4-10,12-15,27,33H,1,11,16H2,2-3H3,(H,30,31). The van der Waals surface area contributed by atoms with Crippen LogP contribution >= 0.6 is 0 Å². The van der Waals surface area contributed by atoms with E-state index in [1.54, 1.807) is 29.4 Å². The third-order valence-corrected chi connectivity index (χ3v) is 6.18. The molecule has 1 unspecified atom stereocenters. The number of aromatic nitrogens is 3. The fraction of sp³-hybridized carbons (Fsp3) is 0.179. The molecule has 35 heavy (non-hydrogen) atoms. The number of phenols is 1. The average molecular weight is 467 g/mol. The van der Waals surface area contributed by atoms with Crippen LogP contribution in [-0.4, -0.2) is 37.7 Å². The van der Waals surface area contributed by atoms with Gasteiger partial charge in [0.05, 0.1) is 6.04 Å². The molecule has 2 aromatic heterocycles. The van der Waals surface area contributed by atoms with E-state index in [-0.39, 0.29) is 11.7 Å². The van der Waals surface area contributed by atoms with Crippen LogP contribution in [0.5, 0.6) is 11.5 Å². The van der Waals surface area contributed by atoms with E-state index in [2.05, 4.69) is 21.8 Å². The normalized spacial score (nSPS) is 14.7. The molecule has 0 radical (unpaired) electrons. The van der Waals surface area contributed by atoms with Crippen LogP contribution in [0.1, 0.15) is 44.3 Å². The number of carbonyl (C=O) groups excluding carboxylic acids is 1. The van der Waals surface area contributed by atoms with Gasteiger partial charge in [-0.2, -0.15) is 5.10 Å². The number of nitrogens with zero attached hydrogens (tertiary/aromatic N) is 3. The molecular formula is C28H26N4O3. The largest absolute Gasteiger partial charge is 0.507 e. The summed E-state index contributed by atoms with van der Waals surface area (Å²) in [5.74, 6) is 0.662. The number of amides is 1. The highest BCUT2D eigenvalue weighted by molar-refractivity contribution is 6.00. The van der Waals surface area contributed by atoms with Crippen LogP contribution in [0, 0.1) is 13.8 Å². The second kappa shape index (κ2) is 9.10. The fourth-order valence-corrected chi connectivity index (χ4v) is 4.77. The van der Waals surface area contributed by atoms with E-state index in [4.69, 9.17) is 4.74 Å². The second-order valence-corrected chi connectivity index (χ2v) is 8.71. The summed E-state index contributed by atoms with van der Waals surface area (Å²) >= 11 is 0. The van der Waals surface area contributed by atoms with Gasteiger partial charge in [0.2, 0.25) is 0 Å². The van der Waals surface area contributed by atoms with Gasteiger partial charge in [-0.1, -0.05) is 36.9 Å². The summed E-state index contributed by atoms with van der Waals surface area (Å²) in [6, 6.07) is 14.8. The SMILES string of the molecule is C=CCOc1cccc(C2c3c(-c4c(C)cc(C)cc4O)n[nH]c3C(=O)N2Cc2cccnc2)c1. The van der Waals surface area contributed by atoms with Crippen LogP contribution in [0.15, 0.2) is 73.6 Å². The minimum atomic E-state index is -0.432. The van der Waals surface area contributed by atoms with Gasteiger partial charge in [0.1, 0.15) is 29.5 Å². The number of pyridine rings is 1. The number of aromatic amines is 1. The number of phenolic OH excluding ortho intramolecular Hbond substituents is 1. The van der Waals surface area contributed by atoms with Gasteiger partial charge < -0.3 is 14.7 Å².